The molecular formula is C26H28N2O4S. The summed E-state index contributed by atoms with van der Waals surface area (Å²) in [6, 6.07) is 22.6. The first-order valence-electron chi connectivity index (χ1n) is 11.0. The first-order chi connectivity index (χ1) is 15.9. The number of aryl methyl sites for hydroxylation is 1. The predicted molar refractivity (Wildman–Crippen MR) is 127 cm³/mol. The van der Waals surface area contributed by atoms with Crippen molar-refractivity contribution in [3.8, 4) is 0 Å². The van der Waals surface area contributed by atoms with Gasteiger partial charge >= 0.3 is 0 Å². The number of carbonyl (C=O) groups is 1. The summed E-state index contributed by atoms with van der Waals surface area (Å²) in [7, 11) is -3.61. The second-order valence-corrected chi connectivity index (χ2v) is 10.1. The fraction of sp³-hybridized carbons (Fsp3) is 0.269. The summed E-state index contributed by atoms with van der Waals surface area (Å²) in [5, 5.41) is 2.89. The van der Waals surface area contributed by atoms with Gasteiger partial charge in [0.05, 0.1) is 18.1 Å². The fourth-order valence-electron chi connectivity index (χ4n) is 3.39. The van der Waals surface area contributed by atoms with Crippen LogP contribution in [-0.4, -0.2) is 20.4 Å². The molecule has 1 aliphatic carbocycles. The van der Waals surface area contributed by atoms with Crippen LogP contribution in [0.3, 0.4) is 0 Å². The standard InChI is InChI=1S/C26H28N2O4S/c1-19-7-14-24(33(30,31)28-23-12-13-23)15-25(19)26(29)27-16-20-8-10-22(11-9-20)18-32-17-21-5-3-2-4-6-21/h2-11,14-15,23,28H,12-13,16-18H2,1H3,(H,27,29). The average molecular weight is 465 g/mol. The van der Waals surface area contributed by atoms with E-state index in [1.165, 1.54) is 12.1 Å². The Morgan fingerprint density at radius 2 is 1.55 bits per heavy atom. The maximum atomic E-state index is 12.7. The molecule has 6 nitrogen and oxygen atoms in total. The third kappa shape index (κ3) is 6.51. The van der Waals surface area contributed by atoms with Crippen LogP contribution >= 0.6 is 0 Å². The normalized spacial score (nSPS) is 13.6. The van der Waals surface area contributed by atoms with Crippen molar-refractivity contribution in [2.45, 2.75) is 50.5 Å². The van der Waals surface area contributed by atoms with E-state index in [2.05, 4.69) is 10.0 Å². The zero-order chi connectivity index (χ0) is 23.3. The molecule has 0 spiro atoms. The molecule has 1 saturated carbocycles. The molecule has 0 atom stereocenters. The SMILES string of the molecule is Cc1ccc(S(=O)(=O)NC2CC2)cc1C(=O)NCc1ccc(COCc2ccccc2)cc1. The smallest absolute Gasteiger partial charge is 0.251 e. The molecule has 0 unspecified atom stereocenters. The molecular weight excluding hydrogens is 436 g/mol. The first-order valence-corrected chi connectivity index (χ1v) is 12.5. The van der Waals surface area contributed by atoms with Crippen LogP contribution in [0, 0.1) is 6.92 Å². The molecule has 0 aliphatic heterocycles. The van der Waals surface area contributed by atoms with E-state index in [4.69, 9.17) is 4.74 Å². The molecule has 1 aliphatic rings. The highest BCUT2D eigenvalue weighted by atomic mass is 32.2. The number of benzene rings is 3. The van der Waals surface area contributed by atoms with Crippen molar-refractivity contribution in [1.29, 1.82) is 0 Å². The molecule has 0 aromatic heterocycles. The highest BCUT2D eigenvalue weighted by molar-refractivity contribution is 7.89. The van der Waals surface area contributed by atoms with E-state index < -0.39 is 10.0 Å². The Balaban J connectivity index is 1.31. The predicted octanol–water partition coefficient (Wildman–Crippen LogP) is 4.08. The van der Waals surface area contributed by atoms with E-state index in [1.807, 2.05) is 54.6 Å². The summed E-state index contributed by atoms with van der Waals surface area (Å²) in [4.78, 5) is 12.9. The summed E-state index contributed by atoms with van der Waals surface area (Å²) in [5.41, 5.74) is 4.22. The molecule has 0 radical (unpaired) electrons. The lowest BCUT2D eigenvalue weighted by Crippen LogP contribution is -2.27. The van der Waals surface area contributed by atoms with E-state index in [0.717, 1.165) is 35.1 Å². The van der Waals surface area contributed by atoms with Gasteiger partial charge < -0.3 is 10.1 Å². The van der Waals surface area contributed by atoms with Crippen LogP contribution < -0.4 is 10.0 Å². The van der Waals surface area contributed by atoms with E-state index in [0.29, 0.717) is 25.3 Å². The van der Waals surface area contributed by atoms with E-state index in [1.54, 1.807) is 13.0 Å². The van der Waals surface area contributed by atoms with Crippen LogP contribution in [0.4, 0.5) is 0 Å². The lowest BCUT2D eigenvalue weighted by molar-refractivity contribution is 0.0950. The van der Waals surface area contributed by atoms with Gasteiger partial charge in [0, 0.05) is 18.2 Å². The molecule has 33 heavy (non-hydrogen) atoms. The van der Waals surface area contributed by atoms with Gasteiger partial charge in [0.1, 0.15) is 0 Å². The zero-order valence-corrected chi connectivity index (χ0v) is 19.4. The summed E-state index contributed by atoms with van der Waals surface area (Å²) in [6.07, 6.45) is 1.72. The minimum atomic E-state index is -3.61. The zero-order valence-electron chi connectivity index (χ0n) is 18.6. The van der Waals surface area contributed by atoms with Crippen LogP contribution in [0.25, 0.3) is 0 Å². The highest BCUT2D eigenvalue weighted by Crippen LogP contribution is 2.23. The van der Waals surface area contributed by atoms with Gasteiger partial charge in [-0.05, 0) is 54.2 Å². The summed E-state index contributed by atoms with van der Waals surface area (Å²) >= 11 is 0. The molecule has 0 bridgehead atoms. The lowest BCUT2D eigenvalue weighted by Gasteiger charge is -2.11. The van der Waals surface area contributed by atoms with Crippen LogP contribution in [-0.2, 0) is 34.5 Å². The molecule has 1 amide bonds. The molecule has 7 heteroatoms. The van der Waals surface area contributed by atoms with Crippen LogP contribution in [0.5, 0.6) is 0 Å². The lowest BCUT2D eigenvalue weighted by atomic mass is 10.1. The van der Waals surface area contributed by atoms with Crippen LogP contribution in [0.15, 0.2) is 77.7 Å². The Labute approximate surface area is 195 Å². The van der Waals surface area contributed by atoms with Crippen molar-refractivity contribution in [3.05, 3.63) is 101 Å². The minimum absolute atomic E-state index is 0.0142. The van der Waals surface area contributed by atoms with Crippen molar-refractivity contribution < 1.29 is 17.9 Å². The largest absolute Gasteiger partial charge is 0.372 e. The maximum Gasteiger partial charge on any atom is 0.251 e. The van der Waals surface area contributed by atoms with E-state index >= 15 is 0 Å². The molecule has 3 aromatic carbocycles. The molecule has 172 valence electrons. The van der Waals surface area contributed by atoms with Gasteiger partial charge in [-0.2, -0.15) is 0 Å². The Bertz CT molecular complexity index is 1200. The van der Waals surface area contributed by atoms with Crippen LogP contribution in [0.1, 0.15) is 45.5 Å². The summed E-state index contributed by atoms with van der Waals surface area (Å²) in [5.74, 6) is -0.300. The number of sulfonamides is 1. The van der Waals surface area contributed by atoms with Gasteiger partial charge in [-0.1, -0.05) is 60.7 Å². The first kappa shape index (κ1) is 23.2. The Hall–Kier alpha value is -3.00. The Morgan fingerprint density at radius 1 is 0.909 bits per heavy atom. The highest BCUT2D eigenvalue weighted by Gasteiger charge is 2.28. The van der Waals surface area contributed by atoms with Gasteiger partial charge in [0.25, 0.3) is 5.91 Å². The van der Waals surface area contributed by atoms with Crippen molar-refractivity contribution in [3.63, 3.8) is 0 Å². The number of nitrogens with one attached hydrogen (secondary N) is 2. The van der Waals surface area contributed by atoms with Crippen molar-refractivity contribution in [1.82, 2.24) is 10.0 Å². The van der Waals surface area contributed by atoms with Gasteiger partial charge in [0.2, 0.25) is 10.0 Å². The van der Waals surface area contributed by atoms with Gasteiger partial charge in [-0.3, -0.25) is 4.79 Å². The van der Waals surface area contributed by atoms with Gasteiger partial charge in [-0.25, -0.2) is 13.1 Å². The van der Waals surface area contributed by atoms with Crippen LogP contribution in [0.2, 0.25) is 0 Å². The van der Waals surface area contributed by atoms with Crippen molar-refractivity contribution in [2.24, 2.45) is 0 Å². The molecule has 0 saturated heterocycles. The fourth-order valence-corrected chi connectivity index (χ4v) is 4.72. The number of rotatable bonds is 10. The topological polar surface area (TPSA) is 84.5 Å². The molecule has 3 aromatic rings. The number of amides is 1. The average Bonchev–Trinajstić information content (AvgIpc) is 3.62. The number of carbonyl (C=O) groups excluding carboxylic acids is 1. The van der Waals surface area contributed by atoms with Gasteiger partial charge in [-0.15, -0.1) is 0 Å². The molecule has 2 N–H and O–H groups in total. The van der Waals surface area contributed by atoms with E-state index in [-0.39, 0.29) is 16.8 Å². The quantitative estimate of drug-likeness (QED) is 0.474. The molecule has 0 heterocycles. The third-order valence-electron chi connectivity index (χ3n) is 5.52. The number of hydrogen-bond donors (Lipinski definition) is 2. The molecule has 1 fully saturated rings. The minimum Gasteiger partial charge on any atom is -0.372 e. The maximum absolute atomic E-state index is 12.7. The second kappa shape index (κ2) is 10.3. The Kier molecular flexibility index (Phi) is 7.23. The van der Waals surface area contributed by atoms with Gasteiger partial charge in [0.15, 0.2) is 0 Å². The van der Waals surface area contributed by atoms with Crippen molar-refractivity contribution >= 4 is 15.9 Å². The van der Waals surface area contributed by atoms with E-state index in [9.17, 15) is 13.2 Å². The monoisotopic (exact) mass is 464 g/mol. The van der Waals surface area contributed by atoms with Crippen molar-refractivity contribution in [2.75, 3.05) is 0 Å². The Morgan fingerprint density at radius 3 is 2.21 bits per heavy atom. The second-order valence-electron chi connectivity index (χ2n) is 8.35. The number of ether oxygens (including phenoxy) is 1. The summed E-state index contributed by atoms with van der Waals surface area (Å²) < 4.78 is 33.4. The summed E-state index contributed by atoms with van der Waals surface area (Å²) in [6.45, 7) is 3.21. The molecule has 4 rings (SSSR count). The number of hydrogen-bond acceptors (Lipinski definition) is 4. The third-order valence-corrected chi connectivity index (χ3v) is 7.04.